The second-order valence-electron chi connectivity index (χ2n) is 3.94. The molecule has 92 valence electrons. The van der Waals surface area contributed by atoms with E-state index in [4.69, 9.17) is 10.5 Å². The van der Waals surface area contributed by atoms with Gasteiger partial charge in [-0.3, -0.25) is 4.79 Å². The van der Waals surface area contributed by atoms with Gasteiger partial charge in [0.15, 0.2) is 5.78 Å². The number of methoxy groups -OCH3 is 1. The first kappa shape index (κ1) is 12.3. The summed E-state index contributed by atoms with van der Waals surface area (Å²) >= 11 is 0. The number of nitrogens with two attached hydrogens (primary N) is 1. The molecule has 0 bridgehead atoms. The number of hydrogen-bond acceptors (Lipinski definition) is 3. The van der Waals surface area contributed by atoms with Crippen LogP contribution in [0.5, 0.6) is 5.75 Å². The highest BCUT2D eigenvalue weighted by Crippen LogP contribution is 2.24. The van der Waals surface area contributed by atoms with E-state index >= 15 is 0 Å². The van der Waals surface area contributed by atoms with Crippen LogP contribution in [0.25, 0.3) is 11.1 Å². The van der Waals surface area contributed by atoms with Gasteiger partial charge in [-0.1, -0.05) is 36.4 Å². The van der Waals surface area contributed by atoms with Crippen molar-refractivity contribution in [3.63, 3.8) is 0 Å². The van der Waals surface area contributed by atoms with Crippen LogP contribution in [-0.2, 0) is 0 Å². The third-order valence-corrected chi connectivity index (χ3v) is 2.80. The molecular weight excluding hydrogens is 226 g/mol. The van der Waals surface area contributed by atoms with Crippen LogP contribution in [-0.4, -0.2) is 19.4 Å². The average Bonchev–Trinajstić information content (AvgIpc) is 2.46. The normalized spacial score (nSPS) is 10.1. The van der Waals surface area contributed by atoms with E-state index in [1.165, 1.54) is 0 Å². The summed E-state index contributed by atoms with van der Waals surface area (Å²) in [6.45, 7) is 0.0402. The zero-order chi connectivity index (χ0) is 13.0. The van der Waals surface area contributed by atoms with Gasteiger partial charge < -0.3 is 10.5 Å². The Bertz CT molecular complexity index is 547. The van der Waals surface area contributed by atoms with Crippen LogP contribution in [0.4, 0.5) is 0 Å². The van der Waals surface area contributed by atoms with Crippen LogP contribution >= 0.6 is 0 Å². The van der Waals surface area contributed by atoms with Gasteiger partial charge in [0, 0.05) is 5.56 Å². The van der Waals surface area contributed by atoms with Gasteiger partial charge in [0.05, 0.1) is 13.7 Å². The molecule has 2 rings (SSSR count). The quantitative estimate of drug-likeness (QED) is 0.837. The van der Waals surface area contributed by atoms with Crippen molar-refractivity contribution in [2.75, 3.05) is 13.7 Å². The summed E-state index contributed by atoms with van der Waals surface area (Å²) < 4.78 is 5.19. The van der Waals surface area contributed by atoms with E-state index in [0.29, 0.717) is 5.56 Å². The van der Waals surface area contributed by atoms with E-state index in [1.807, 2.05) is 36.4 Å². The largest absolute Gasteiger partial charge is 0.497 e. The topological polar surface area (TPSA) is 52.3 Å². The molecule has 0 aliphatic heterocycles. The Morgan fingerprint density at radius 1 is 1.11 bits per heavy atom. The summed E-state index contributed by atoms with van der Waals surface area (Å²) in [5.74, 6) is 0.766. The Labute approximate surface area is 106 Å². The Balaban J connectivity index is 2.31. The fourth-order valence-corrected chi connectivity index (χ4v) is 1.77. The van der Waals surface area contributed by atoms with Crippen molar-refractivity contribution < 1.29 is 9.53 Å². The van der Waals surface area contributed by atoms with Gasteiger partial charge in [0.1, 0.15) is 5.75 Å². The molecule has 0 heterocycles. The number of benzene rings is 2. The van der Waals surface area contributed by atoms with E-state index in [1.54, 1.807) is 19.2 Å². The summed E-state index contributed by atoms with van der Waals surface area (Å²) in [5.41, 5.74) is 8.07. The van der Waals surface area contributed by atoms with Gasteiger partial charge in [0.25, 0.3) is 0 Å². The molecule has 0 spiro atoms. The van der Waals surface area contributed by atoms with E-state index in [9.17, 15) is 4.79 Å². The molecule has 3 nitrogen and oxygen atoms in total. The third kappa shape index (κ3) is 2.57. The monoisotopic (exact) mass is 241 g/mol. The summed E-state index contributed by atoms with van der Waals surface area (Å²) in [6.07, 6.45) is 0. The first-order valence-electron chi connectivity index (χ1n) is 5.72. The SMILES string of the molecule is COc1cccc(-c2ccc(C(=O)CN)cc2)c1. The van der Waals surface area contributed by atoms with Crippen LogP contribution in [0.2, 0.25) is 0 Å². The third-order valence-electron chi connectivity index (χ3n) is 2.80. The molecule has 0 fully saturated rings. The van der Waals surface area contributed by atoms with E-state index in [2.05, 4.69) is 0 Å². The first-order chi connectivity index (χ1) is 8.74. The molecule has 2 aromatic rings. The van der Waals surface area contributed by atoms with Crippen molar-refractivity contribution in [1.29, 1.82) is 0 Å². The predicted molar refractivity (Wildman–Crippen MR) is 71.8 cm³/mol. The lowest BCUT2D eigenvalue weighted by Gasteiger charge is -2.05. The summed E-state index contributed by atoms with van der Waals surface area (Å²) in [6, 6.07) is 15.2. The molecule has 0 unspecified atom stereocenters. The fraction of sp³-hybridized carbons (Fsp3) is 0.133. The Morgan fingerprint density at radius 2 is 1.83 bits per heavy atom. The van der Waals surface area contributed by atoms with E-state index < -0.39 is 0 Å². The molecule has 0 radical (unpaired) electrons. The molecule has 2 aromatic carbocycles. The minimum Gasteiger partial charge on any atom is -0.497 e. The number of carbonyl (C=O) groups excluding carboxylic acids is 1. The lowest BCUT2D eigenvalue weighted by atomic mass is 10.0. The molecule has 0 aliphatic carbocycles. The first-order valence-corrected chi connectivity index (χ1v) is 5.72. The number of ether oxygens (including phenoxy) is 1. The van der Waals surface area contributed by atoms with Crippen molar-refractivity contribution >= 4 is 5.78 Å². The van der Waals surface area contributed by atoms with Gasteiger partial charge in [-0.05, 0) is 23.3 Å². The number of ketones is 1. The van der Waals surface area contributed by atoms with Crippen molar-refractivity contribution in [3.05, 3.63) is 54.1 Å². The van der Waals surface area contributed by atoms with Crippen LogP contribution in [0, 0.1) is 0 Å². The lowest BCUT2D eigenvalue weighted by molar-refractivity contribution is 0.100. The van der Waals surface area contributed by atoms with Gasteiger partial charge in [0.2, 0.25) is 0 Å². The predicted octanol–water partition coefficient (Wildman–Crippen LogP) is 2.50. The summed E-state index contributed by atoms with van der Waals surface area (Å²) in [4.78, 5) is 11.4. The van der Waals surface area contributed by atoms with Crippen molar-refractivity contribution in [1.82, 2.24) is 0 Å². The van der Waals surface area contributed by atoms with E-state index in [0.717, 1.165) is 16.9 Å². The molecule has 0 amide bonds. The van der Waals surface area contributed by atoms with Crippen LogP contribution in [0.15, 0.2) is 48.5 Å². The Hall–Kier alpha value is -2.13. The number of carbonyl (C=O) groups is 1. The molecule has 3 heteroatoms. The maximum absolute atomic E-state index is 11.4. The van der Waals surface area contributed by atoms with Gasteiger partial charge in [-0.25, -0.2) is 0 Å². The fourth-order valence-electron chi connectivity index (χ4n) is 1.77. The van der Waals surface area contributed by atoms with Crippen molar-refractivity contribution in [3.8, 4) is 16.9 Å². The maximum atomic E-state index is 11.4. The zero-order valence-electron chi connectivity index (χ0n) is 10.2. The zero-order valence-corrected chi connectivity index (χ0v) is 10.2. The second-order valence-corrected chi connectivity index (χ2v) is 3.94. The highest BCUT2D eigenvalue weighted by atomic mass is 16.5. The molecule has 18 heavy (non-hydrogen) atoms. The number of rotatable bonds is 4. The minimum atomic E-state index is -0.0489. The molecular formula is C15H15NO2. The summed E-state index contributed by atoms with van der Waals surface area (Å²) in [7, 11) is 1.64. The van der Waals surface area contributed by atoms with Crippen LogP contribution in [0.3, 0.4) is 0 Å². The van der Waals surface area contributed by atoms with Gasteiger partial charge >= 0.3 is 0 Å². The second kappa shape index (κ2) is 5.47. The van der Waals surface area contributed by atoms with Gasteiger partial charge in [-0.2, -0.15) is 0 Å². The smallest absolute Gasteiger partial charge is 0.176 e. The molecule has 2 N–H and O–H groups in total. The molecule has 0 atom stereocenters. The minimum absolute atomic E-state index is 0.0402. The Morgan fingerprint density at radius 3 is 2.44 bits per heavy atom. The van der Waals surface area contributed by atoms with Crippen molar-refractivity contribution in [2.24, 2.45) is 5.73 Å². The van der Waals surface area contributed by atoms with Gasteiger partial charge in [-0.15, -0.1) is 0 Å². The number of Topliss-reactive ketones (excluding diaryl/α,β-unsaturated/α-hetero) is 1. The summed E-state index contributed by atoms with van der Waals surface area (Å²) in [5, 5.41) is 0. The van der Waals surface area contributed by atoms with Crippen LogP contribution in [0.1, 0.15) is 10.4 Å². The van der Waals surface area contributed by atoms with Crippen LogP contribution < -0.4 is 10.5 Å². The van der Waals surface area contributed by atoms with Crippen molar-refractivity contribution in [2.45, 2.75) is 0 Å². The number of hydrogen-bond donors (Lipinski definition) is 1. The highest BCUT2D eigenvalue weighted by molar-refractivity contribution is 5.97. The maximum Gasteiger partial charge on any atom is 0.176 e. The standard InChI is InChI=1S/C15H15NO2/c1-18-14-4-2-3-13(9-14)11-5-7-12(8-6-11)15(17)10-16/h2-9H,10,16H2,1H3. The Kier molecular flexibility index (Phi) is 3.75. The molecule has 0 saturated carbocycles. The van der Waals surface area contributed by atoms with E-state index in [-0.39, 0.29) is 12.3 Å². The lowest BCUT2D eigenvalue weighted by Crippen LogP contribution is -2.13. The highest BCUT2D eigenvalue weighted by Gasteiger charge is 2.04. The molecule has 0 aliphatic rings. The average molecular weight is 241 g/mol. The molecule has 0 aromatic heterocycles. The molecule has 0 saturated heterocycles.